The van der Waals surface area contributed by atoms with E-state index in [0.717, 1.165) is 30.3 Å². The first kappa shape index (κ1) is 18.0. The van der Waals surface area contributed by atoms with Gasteiger partial charge in [-0.2, -0.15) is 0 Å². The van der Waals surface area contributed by atoms with Gasteiger partial charge in [-0.1, -0.05) is 0 Å². The average Bonchev–Trinajstić information content (AvgIpc) is 2.53. The van der Waals surface area contributed by atoms with Crippen LogP contribution in [-0.4, -0.2) is 24.3 Å². The molecule has 0 aromatic heterocycles. The lowest BCUT2D eigenvalue weighted by Gasteiger charge is -2.11. The molecule has 0 atom stereocenters. The van der Waals surface area contributed by atoms with Crippen LogP contribution in [0.2, 0.25) is 0 Å². The molecule has 0 heterocycles. The number of ether oxygens (including phenoxy) is 2. The van der Waals surface area contributed by atoms with Gasteiger partial charge in [-0.15, -0.1) is 13.2 Å². The Bertz CT molecular complexity index is 791. The van der Waals surface area contributed by atoms with Crippen molar-refractivity contribution < 1.29 is 32.4 Å². The predicted molar refractivity (Wildman–Crippen MR) is 80.7 cm³/mol. The van der Waals surface area contributed by atoms with Gasteiger partial charge in [0.15, 0.2) is 0 Å². The fourth-order valence-electron chi connectivity index (χ4n) is 1.91. The molecule has 132 valence electrons. The van der Waals surface area contributed by atoms with Gasteiger partial charge < -0.3 is 14.8 Å². The second kappa shape index (κ2) is 7.07. The van der Waals surface area contributed by atoms with Crippen LogP contribution in [0.1, 0.15) is 10.4 Å². The molecule has 0 aliphatic rings. The molecule has 2 rings (SSSR count). The van der Waals surface area contributed by atoms with Crippen molar-refractivity contribution in [1.29, 1.82) is 0 Å². The monoisotopic (exact) mass is 356 g/mol. The van der Waals surface area contributed by atoms with Crippen molar-refractivity contribution in [3.63, 3.8) is 0 Å². The van der Waals surface area contributed by atoms with E-state index in [9.17, 15) is 28.1 Å². The molecule has 0 saturated heterocycles. The summed E-state index contributed by atoms with van der Waals surface area (Å²) in [5, 5.41) is 13.2. The first-order chi connectivity index (χ1) is 11.7. The zero-order valence-electron chi connectivity index (χ0n) is 12.7. The second-order valence-electron chi connectivity index (χ2n) is 4.67. The Kier molecular flexibility index (Phi) is 5.11. The van der Waals surface area contributed by atoms with E-state index in [0.29, 0.717) is 0 Å². The first-order valence-electron chi connectivity index (χ1n) is 6.69. The number of alkyl halides is 3. The second-order valence-corrected chi connectivity index (χ2v) is 4.67. The molecule has 0 unspecified atom stereocenters. The topological polar surface area (TPSA) is 90.7 Å². The minimum atomic E-state index is -4.83. The highest BCUT2D eigenvalue weighted by molar-refractivity contribution is 6.05. The summed E-state index contributed by atoms with van der Waals surface area (Å²) in [5.74, 6) is -0.967. The van der Waals surface area contributed by atoms with Crippen molar-refractivity contribution in [2.45, 2.75) is 6.36 Å². The standard InChI is InChI=1S/C15H11F3N2O5/c1-24-13-7-4-10(20(22)23)8-12(13)19-14(21)9-2-5-11(6-3-9)25-15(16,17)18/h2-8H,1H3,(H,19,21). The zero-order valence-corrected chi connectivity index (χ0v) is 12.7. The summed E-state index contributed by atoms with van der Waals surface area (Å²) in [5.41, 5.74) is -0.176. The van der Waals surface area contributed by atoms with Gasteiger partial charge in [0.05, 0.1) is 17.7 Å². The zero-order chi connectivity index (χ0) is 18.6. The van der Waals surface area contributed by atoms with Crippen molar-refractivity contribution in [3.05, 3.63) is 58.1 Å². The van der Waals surface area contributed by atoms with Crippen LogP contribution in [0, 0.1) is 10.1 Å². The van der Waals surface area contributed by atoms with E-state index < -0.39 is 22.9 Å². The lowest BCUT2D eigenvalue weighted by molar-refractivity contribution is -0.384. The van der Waals surface area contributed by atoms with E-state index in [1.807, 2.05) is 0 Å². The van der Waals surface area contributed by atoms with Crippen LogP contribution < -0.4 is 14.8 Å². The third kappa shape index (κ3) is 4.83. The van der Waals surface area contributed by atoms with Gasteiger partial charge in [-0.3, -0.25) is 14.9 Å². The lowest BCUT2D eigenvalue weighted by Crippen LogP contribution is -2.17. The number of hydrogen-bond acceptors (Lipinski definition) is 5. The molecular weight excluding hydrogens is 345 g/mol. The maximum Gasteiger partial charge on any atom is 0.573 e. The van der Waals surface area contributed by atoms with Crippen molar-refractivity contribution in [3.8, 4) is 11.5 Å². The molecule has 0 aliphatic carbocycles. The van der Waals surface area contributed by atoms with Gasteiger partial charge in [-0.25, -0.2) is 0 Å². The maximum atomic E-state index is 12.2. The molecule has 0 radical (unpaired) electrons. The summed E-state index contributed by atoms with van der Waals surface area (Å²) in [7, 11) is 1.32. The third-order valence-corrected chi connectivity index (χ3v) is 2.99. The van der Waals surface area contributed by atoms with Gasteiger partial charge in [-0.05, 0) is 30.3 Å². The van der Waals surface area contributed by atoms with Crippen molar-refractivity contribution in [2.75, 3.05) is 12.4 Å². The molecule has 10 heteroatoms. The highest BCUT2D eigenvalue weighted by Gasteiger charge is 2.31. The van der Waals surface area contributed by atoms with Crippen LogP contribution in [0.4, 0.5) is 24.5 Å². The molecule has 0 aliphatic heterocycles. The minimum Gasteiger partial charge on any atom is -0.495 e. The molecule has 1 N–H and O–H groups in total. The molecule has 0 saturated carbocycles. The number of methoxy groups -OCH3 is 1. The molecule has 0 bridgehead atoms. The molecule has 1 amide bonds. The molecule has 0 fully saturated rings. The lowest BCUT2D eigenvalue weighted by atomic mass is 10.2. The molecule has 2 aromatic carbocycles. The van der Waals surface area contributed by atoms with Crippen LogP contribution in [-0.2, 0) is 0 Å². The molecule has 0 spiro atoms. The average molecular weight is 356 g/mol. The number of carbonyl (C=O) groups is 1. The van der Waals surface area contributed by atoms with E-state index in [1.54, 1.807) is 0 Å². The first-order valence-corrected chi connectivity index (χ1v) is 6.69. The third-order valence-electron chi connectivity index (χ3n) is 2.99. The Labute approximate surface area is 139 Å². The number of nitro benzene ring substituents is 1. The smallest absolute Gasteiger partial charge is 0.495 e. The highest BCUT2D eigenvalue weighted by atomic mass is 19.4. The van der Waals surface area contributed by atoms with Crippen molar-refractivity contribution in [1.82, 2.24) is 0 Å². The highest BCUT2D eigenvalue weighted by Crippen LogP contribution is 2.29. The number of hydrogen-bond donors (Lipinski definition) is 1. The normalized spacial score (nSPS) is 10.9. The van der Waals surface area contributed by atoms with Crippen molar-refractivity contribution in [2.24, 2.45) is 0 Å². The number of rotatable bonds is 5. The Morgan fingerprint density at radius 3 is 2.32 bits per heavy atom. The molecule has 2 aromatic rings. The number of halogens is 3. The molecule has 25 heavy (non-hydrogen) atoms. The van der Waals surface area contributed by atoms with E-state index in [-0.39, 0.29) is 22.7 Å². The van der Waals surface area contributed by atoms with Gasteiger partial charge >= 0.3 is 6.36 Å². The summed E-state index contributed by atoms with van der Waals surface area (Å²) in [6, 6.07) is 7.84. The Morgan fingerprint density at radius 1 is 1.16 bits per heavy atom. The van der Waals surface area contributed by atoms with Gasteiger partial charge in [0, 0.05) is 17.7 Å². The van der Waals surface area contributed by atoms with Gasteiger partial charge in [0.1, 0.15) is 11.5 Å². The van der Waals surface area contributed by atoms with Crippen LogP contribution in [0.5, 0.6) is 11.5 Å². The summed E-state index contributed by atoms with van der Waals surface area (Å²) >= 11 is 0. The largest absolute Gasteiger partial charge is 0.573 e. The fraction of sp³-hybridized carbons (Fsp3) is 0.133. The Hall–Kier alpha value is -3.30. The number of benzene rings is 2. The Balaban J connectivity index is 2.19. The summed E-state index contributed by atoms with van der Waals surface area (Å²) in [6.45, 7) is 0. The van der Waals surface area contributed by atoms with Crippen LogP contribution in [0.15, 0.2) is 42.5 Å². The minimum absolute atomic E-state index is 0.0306. The molecule has 7 nitrogen and oxygen atoms in total. The maximum absolute atomic E-state index is 12.2. The summed E-state index contributed by atoms with van der Waals surface area (Å²) < 4.78 is 45.0. The molecular formula is C15H11F3N2O5. The van der Waals surface area contributed by atoms with E-state index >= 15 is 0 Å². The number of carbonyl (C=O) groups excluding carboxylic acids is 1. The van der Waals surface area contributed by atoms with Crippen molar-refractivity contribution >= 4 is 17.3 Å². The number of nitro groups is 1. The van der Waals surface area contributed by atoms with Crippen LogP contribution >= 0.6 is 0 Å². The number of nitrogens with one attached hydrogen (secondary N) is 1. The van der Waals surface area contributed by atoms with Crippen LogP contribution in [0.25, 0.3) is 0 Å². The fourth-order valence-corrected chi connectivity index (χ4v) is 1.91. The summed E-state index contributed by atoms with van der Waals surface area (Å²) in [4.78, 5) is 22.3. The SMILES string of the molecule is COc1ccc([N+](=O)[O-])cc1NC(=O)c1ccc(OC(F)(F)F)cc1. The van der Waals surface area contributed by atoms with E-state index in [1.165, 1.54) is 19.2 Å². The quantitative estimate of drug-likeness (QED) is 0.651. The predicted octanol–water partition coefficient (Wildman–Crippen LogP) is 3.75. The van der Waals surface area contributed by atoms with Gasteiger partial charge in [0.2, 0.25) is 0 Å². The number of amides is 1. The number of non-ortho nitro benzene ring substituents is 1. The number of anilines is 1. The Morgan fingerprint density at radius 2 is 1.80 bits per heavy atom. The van der Waals surface area contributed by atoms with E-state index in [2.05, 4.69) is 10.1 Å². The van der Waals surface area contributed by atoms with E-state index in [4.69, 9.17) is 4.74 Å². The van der Waals surface area contributed by atoms with Gasteiger partial charge in [0.25, 0.3) is 11.6 Å². The van der Waals surface area contributed by atoms with Crippen LogP contribution in [0.3, 0.4) is 0 Å². The summed E-state index contributed by atoms with van der Waals surface area (Å²) in [6.07, 6.45) is -4.83. The number of nitrogens with zero attached hydrogens (tertiary/aromatic N) is 1.